The second-order valence-corrected chi connectivity index (χ2v) is 6.78. The largest absolute Gasteiger partial charge is 0.311 e. The Hall–Kier alpha value is -0.450. The predicted molar refractivity (Wildman–Crippen MR) is 82.7 cm³/mol. The summed E-state index contributed by atoms with van der Waals surface area (Å²) in [6.45, 7) is 12.5. The third kappa shape index (κ3) is 3.56. The number of piperazine rings is 1. The molecule has 3 unspecified atom stereocenters. The molecule has 0 aromatic carbocycles. The van der Waals surface area contributed by atoms with Crippen LogP contribution >= 0.6 is 11.3 Å². The van der Waals surface area contributed by atoms with Crippen molar-refractivity contribution in [3.63, 3.8) is 0 Å². The molecule has 3 atom stereocenters. The van der Waals surface area contributed by atoms with Crippen molar-refractivity contribution in [2.45, 2.75) is 52.6 Å². The van der Waals surface area contributed by atoms with Gasteiger partial charge in [0, 0.05) is 36.8 Å². The van der Waals surface area contributed by atoms with Crippen molar-refractivity contribution in [1.82, 2.24) is 15.2 Å². The van der Waals surface area contributed by atoms with Gasteiger partial charge >= 0.3 is 0 Å². The Morgan fingerprint density at radius 1 is 1.47 bits per heavy atom. The lowest BCUT2D eigenvalue weighted by Gasteiger charge is -2.39. The highest BCUT2D eigenvalue weighted by molar-refractivity contribution is 7.11. The molecule has 1 aliphatic heterocycles. The van der Waals surface area contributed by atoms with Gasteiger partial charge in [0.1, 0.15) is 5.01 Å². The zero-order valence-electron chi connectivity index (χ0n) is 12.6. The number of hydrogen-bond donors (Lipinski definition) is 1. The number of aryl methyl sites for hydroxylation is 1. The molecule has 0 saturated carbocycles. The van der Waals surface area contributed by atoms with Gasteiger partial charge in [0.2, 0.25) is 0 Å². The van der Waals surface area contributed by atoms with Crippen molar-refractivity contribution < 1.29 is 0 Å². The maximum Gasteiger partial charge on any atom is 0.110 e. The summed E-state index contributed by atoms with van der Waals surface area (Å²) in [6, 6.07) is 1.09. The van der Waals surface area contributed by atoms with Crippen LogP contribution in [0.2, 0.25) is 0 Å². The first-order valence-electron chi connectivity index (χ1n) is 7.57. The zero-order chi connectivity index (χ0) is 13.8. The lowest BCUT2D eigenvalue weighted by molar-refractivity contribution is 0.130. The van der Waals surface area contributed by atoms with Crippen molar-refractivity contribution in [2.75, 3.05) is 19.6 Å². The average Bonchev–Trinajstić information content (AvgIpc) is 2.94. The SMILES string of the molecule is CCc1cnc(C(C)N2CCNC(C(C)CC)C2)s1. The van der Waals surface area contributed by atoms with Crippen molar-refractivity contribution >= 4 is 11.3 Å². The van der Waals surface area contributed by atoms with Crippen LogP contribution in [-0.4, -0.2) is 35.6 Å². The summed E-state index contributed by atoms with van der Waals surface area (Å²) in [6.07, 6.45) is 4.39. The molecule has 19 heavy (non-hydrogen) atoms. The Labute approximate surface area is 121 Å². The van der Waals surface area contributed by atoms with Crippen LogP contribution in [-0.2, 0) is 6.42 Å². The van der Waals surface area contributed by atoms with Gasteiger partial charge in [-0.2, -0.15) is 0 Å². The van der Waals surface area contributed by atoms with E-state index in [1.54, 1.807) is 0 Å². The standard InChI is InChI=1S/C15H27N3S/c1-5-11(3)14-10-18(8-7-16-14)12(4)15-17-9-13(6-2)19-15/h9,11-12,14,16H,5-8,10H2,1-4H3. The fourth-order valence-electron chi connectivity index (χ4n) is 2.65. The summed E-state index contributed by atoms with van der Waals surface area (Å²) < 4.78 is 0. The van der Waals surface area contributed by atoms with Gasteiger partial charge in [0.15, 0.2) is 0 Å². The van der Waals surface area contributed by atoms with Gasteiger partial charge in [0.05, 0.1) is 6.04 Å². The normalized spacial score (nSPS) is 24.3. The van der Waals surface area contributed by atoms with Crippen LogP contribution in [0.4, 0.5) is 0 Å². The van der Waals surface area contributed by atoms with Gasteiger partial charge in [-0.3, -0.25) is 4.90 Å². The lowest BCUT2D eigenvalue weighted by atomic mass is 9.96. The molecule has 0 spiro atoms. The molecule has 1 aliphatic rings. The minimum absolute atomic E-state index is 0.457. The molecule has 2 heterocycles. The Balaban J connectivity index is 2.00. The van der Waals surface area contributed by atoms with E-state index in [1.807, 2.05) is 17.5 Å². The highest BCUT2D eigenvalue weighted by Gasteiger charge is 2.27. The van der Waals surface area contributed by atoms with Crippen LogP contribution in [0.3, 0.4) is 0 Å². The highest BCUT2D eigenvalue weighted by Crippen LogP contribution is 2.27. The van der Waals surface area contributed by atoms with Crippen molar-refractivity contribution in [3.8, 4) is 0 Å². The van der Waals surface area contributed by atoms with E-state index in [0.29, 0.717) is 12.1 Å². The Bertz CT molecular complexity index is 390. The molecule has 0 aliphatic carbocycles. The van der Waals surface area contributed by atoms with E-state index in [1.165, 1.54) is 16.3 Å². The predicted octanol–water partition coefficient (Wildman–Crippen LogP) is 3.09. The molecular weight excluding hydrogens is 254 g/mol. The van der Waals surface area contributed by atoms with E-state index in [2.05, 4.69) is 42.9 Å². The third-order valence-electron chi connectivity index (χ3n) is 4.39. The first kappa shape index (κ1) is 14.9. The number of rotatable bonds is 5. The van der Waals surface area contributed by atoms with E-state index in [9.17, 15) is 0 Å². The van der Waals surface area contributed by atoms with Gasteiger partial charge in [0.25, 0.3) is 0 Å². The minimum Gasteiger partial charge on any atom is -0.311 e. The van der Waals surface area contributed by atoms with Gasteiger partial charge in [-0.05, 0) is 19.3 Å². The molecular formula is C15H27N3S. The quantitative estimate of drug-likeness (QED) is 0.899. The fourth-order valence-corrected chi connectivity index (χ4v) is 3.60. The van der Waals surface area contributed by atoms with Crippen LogP contribution < -0.4 is 5.32 Å². The first-order chi connectivity index (χ1) is 9.15. The Morgan fingerprint density at radius 2 is 2.26 bits per heavy atom. The van der Waals surface area contributed by atoms with Crippen LogP contribution in [0.25, 0.3) is 0 Å². The third-order valence-corrected chi connectivity index (χ3v) is 5.70. The van der Waals surface area contributed by atoms with Crippen molar-refractivity contribution in [2.24, 2.45) is 5.92 Å². The van der Waals surface area contributed by atoms with E-state index in [-0.39, 0.29) is 0 Å². The average molecular weight is 281 g/mol. The number of aromatic nitrogens is 1. The first-order valence-corrected chi connectivity index (χ1v) is 8.39. The Morgan fingerprint density at radius 3 is 2.89 bits per heavy atom. The molecule has 0 amide bonds. The van der Waals surface area contributed by atoms with Crippen LogP contribution in [0.15, 0.2) is 6.20 Å². The minimum atomic E-state index is 0.457. The van der Waals surface area contributed by atoms with Gasteiger partial charge < -0.3 is 5.32 Å². The Kier molecular flexibility index (Phi) is 5.37. The monoisotopic (exact) mass is 281 g/mol. The van der Waals surface area contributed by atoms with Crippen molar-refractivity contribution in [3.05, 3.63) is 16.1 Å². The van der Waals surface area contributed by atoms with E-state index < -0.39 is 0 Å². The number of nitrogens with zero attached hydrogens (tertiary/aromatic N) is 2. The van der Waals surface area contributed by atoms with Crippen LogP contribution in [0, 0.1) is 5.92 Å². The molecule has 1 aromatic heterocycles. The second-order valence-electron chi connectivity index (χ2n) is 5.64. The molecule has 2 rings (SSSR count). The number of nitrogens with one attached hydrogen (secondary N) is 1. The van der Waals surface area contributed by atoms with Crippen molar-refractivity contribution in [1.29, 1.82) is 0 Å². The second kappa shape index (κ2) is 6.82. The molecule has 0 radical (unpaired) electrons. The van der Waals surface area contributed by atoms with E-state index in [0.717, 1.165) is 32.0 Å². The zero-order valence-corrected chi connectivity index (χ0v) is 13.5. The topological polar surface area (TPSA) is 28.2 Å². The molecule has 3 nitrogen and oxygen atoms in total. The smallest absolute Gasteiger partial charge is 0.110 e. The molecule has 1 aromatic rings. The fraction of sp³-hybridized carbons (Fsp3) is 0.800. The molecule has 1 N–H and O–H groups in total. The van der Waals surface area contributed by atoms with Gasteiger partial charge in [-0.1, -0.05) is 27.2 Å². The number of hydrogen-bond acceptors (Lipinski definition) is 4. The van der Waals surface area contributed by atoms with Gasteiger partial charge in [-0.15, -0.1) is 11.3 Å². The summed E-state index contributed by atoms with van der Waals surface area (Å²) >= 11 is 1.88. The maximum atomic E-state index is 4.61. The molecule has 1 saturated heterocycles. The van der Waals surface area contributed by atoms with Gasteiger partial charge in [-0.25, -0.2) is 4.98 Å². The van der Waals surface area contributed by atoms with E-state index >= 15 is 0 Å². The lowest BCUT2D eigenvalue weighted by Crippen LogP contribution is -2.53. The summed E-state index contributed by atoms with van der Waals surface area (Å²) in [5.74, 6) is 0.748. The summed E-state index contributed by atoms with van der Waals surface area (Å²) in [5.41, 5.74) is 0. The molecule has 4 heteroatoms. The number of thiazole rings is 1. The molecule has 1 fully saturated rings. The summed E-state index contributed by atoms with van der Waals surface area (Å²) in [4.78, 5) is 8.60. The highest BCUT2D eigenvalue weighted by atomic mass is 32.1. The maximum absolute atomic E-state index is 4.61. The summed E-state index contributed by atoms with van der Waals surface area (Å²) in [5, 5.41) is 4.94. The van der Waals surface area contributed by atoms with Crippen LogP contribution in [0.1, 0.15) is 50.0 Å². The summed E-state index contributed by atoms with van der Waals surface area (Å²) in [7, 11) is 0. The molecule has 108 valence electrons. The van der Waals surface area contributed by atoms with Crippen LogP contribution in [0.5, 0.6) is 0 Å². The molecule has 0 bridgehead atoms. The van der Waals surface area contributed by atoms with E-state index in [4.69, 9.17) is 0 Å².